The number of rotatable bonds is 6. The van der Waals surface area contributed by atoms with Crippen molar-refractivity contribution >= 4 is 76.2 Å². The Morgan fingerprint density at radius 2 is 1.07 bits per heavy atom. The van der Waals surface area contributed by atoms with E-state index >= 15 is 0 Å². The Kier molecular flexibility index (Phi) is 10.00. The van der Waals surface area contributed by atoms with Crippen molar-refractivity contribution in [2.24, 2.45) is 0 Å². The first-order valence-corrected chi connectivity index (χ1v) is 17.0. The van der Waals surface area contributed by atoms with E-state index in [2.05, 4.69) is 46.2 Å². The van der Waals surface area contributed by atoms with Crippen molar-refractivity contribution in [3.05, 3.63) is 84.9 Å². The van der Waals surface area contributed by atoms with Gasteiger partial charge in [0.05, 0.1) is 13.2 Å². The minimum atomic E-state index is -0.0602. The van der Waals surface area contributed by atoms with Crippen LogP contribution in [0.15, 0.2) is 84.9 Å². The molecule has 6 nitrogen and oxygen atoms in total. The van der Waals surface area contributed by atoms with E-state index in [4.69, 9.17) is 43.4 Å². The van der Waals surface area contributed by atoms with Gasteiger partial charge in [0.2, 0.25) is 0 Å². The van der Waals surface area contributed by atoms with Crippen LogP contribution in [0, 0.1) is 0 Å². The second-order valence-corrected chi connectivity index (χ2v) is 13.5. The quantitative estimate of drug-likeness (QED) is 0.167. The maximum atomic E-state index is 6.19. The predicted molar refractivity (Wildman–Crippen MR) is 182 cm³/mol. The van der Waals surface area contributed by atoms with Crippen LogP contribution in [0.4, 0.5) is 0 Å². The average molecular weight is 637 g/mol. The minimum absolute atomic E-state index is 0.0602. The first kappa shape index (κ1) is 29.5. The molecule has 2 atom stereocenters. The zero-order valence-corrected chi connectivity index (χ0v) is 26.3. The highest BCUT2D eigenvalue weighted by atomic mass is 33.1. The molecule has 0 N–H and O–H groups in total. The first-order valence-electron chi connectivity index (χ1n) is 14.0. The number of thiocarbonyl (C=S) groups is 2. The third-order valence-electron chi connectivity index (χ3n) is 7.33. The molecule has 0 radical (unpaired) electrons. The van der Waals surface area contributed by atoms with E-state index in [9.17, 15) is 0 Å². The molecule has 2 unspecified atom stereocenters. The van der Waals surface area contributed by atoms with Crippen molar-refractivity contribution in [1.29, 1.82) is 0 Å². The maximum Gasteiger partial charge on any atom is 0.147 e. The van der Waals surface area contributed by atoms with Crippen LogP contribution in [-0.4, -0.2) is 83.3 Å². The molecule has 2 heterocycles. The van der Waals surface area contributed by atoms with Crippen LogP contribution in [0.2, 0.25) is 0 Å². The van der Waals surface area contributed by atoms with Gasteiger partial charge >= 0.3 is 0 Å². The molecule has 0 saturated carbocycles. The first-order chi connectivity index (χ1) is 20.6. The summed E-state index contributed by atoms with van der Waals surface area (Å²) >= 11 is 11.6. The van der Waals surface area contributed by atoms with E-state index < -0.39 is 0 Å². The molecule has 4 aromatic carbocycles. The van der Waals surface area contributed by atoms with E-state index in [0.29, 0.717) is 39.5 Å². The standard InChI is InChI=1S/C32H32N2O4S4/c39-31(33-15-17-35-25(19-33)21-37-29-13-5-9-23-7-1-3-11-27(23)29)41-42-32(40)34-16-18-36-26(20-34)22-38-30-14-6-10-24-8-2-4-12-28(24)30/h1-14,25-26H,15-22H2. The Morgan fingerprint density at radius 3 is 1.55 bits per heavy atom. The van der Waals surface area contributed by atoms with Crippen LogP contribution in [-0.2, 0) is 9.47 Å². The van der Waals surface area contributed by atoms with Gasteiger partial charge in [0, 0.05) is 37.0 Å². The number of ether oxygens (including phenoxy) is 4. The normalized spacial score (nSPS) is 19.1. The Morgan fingerprint density at radius 1 is 0.643 bits per heavy atom. The number of hydrogen-bond acceptors (Lipinski definition) is 8. The van der Waals surface area contributed by atoms with E-state index in [1.165, 1.54) is 21.6 Å². The summed E-state index contributed by atoms with van der Waals surface area (Å²) in [6, 6.07) is 28.7. The van der Waals surface area contributed by atoms with Crippen molar-refractivity contribution in [1.82, 2.24) is 9.80 Å². The van der Waals surface area contributed by atoms with Gasteiger partial charge in [-0.15, -0.1) is 0 Å². The summed E-state index contributed by atoms with van der Waals surface area (Å²) in [4.78, 5) is 4.38. The highest BCUT2D eigenvalue weighted by Crippen LogP contribution is 2.31. The van der Waals surface area contributed by atoms with Gasteiger partial charge in [-0.05, 0) is 44.5 Å². The smallest absolute Gasteiger partial charge is 0.147 e. The molecule has 0 amide bonds. The Bertz CT molecular complexity index is 1430. The Balaban J connectivity index is 0.955. The van der Waals surface area contributed by atoms with Gasteiger partial charge in [-0.1, -0.05) is 97.2 Å². The molecule has 218 valence electrons. The van der Waals surface area contributed by atoms with Gasteiger partial charge in [0.25, 0.3) is 0 Å². The second kappa shape index (κ2) is 14.2. The summed E-state index contributed by atoms with van der Waals surface area (Å²) in [6.45, 7) is 5.06. The van der Waals surface area contributed by atoms with Crippen LogP contribution in [0.25, 0.3) is 21.5 Å². The average Bonchev–Trinajstić information content (AvgIpc) is 3.05. The lowest BCUT2D eigenvalue weighted by Crippen LogP contribution is -2.47. The summed E-state index contributed by atoms with van der Waals surface area (Å²) in [5.74, 6) is 1.75. The van der Waals surface area contributed by atoms with E-state index in [1.54, 1.807) is 0 Å². The molecular weight excluding hydrogens is 605 g/mol. The highest BCUT2D eigenvalue weighted by Gasteiger charge is 2.26. The molecule has 0 spiro atoms. The Labute approximate surface area is 265 Å². The monoisotopic (exact) mass is 636 g/mol. The molecule has 2 aliphatic rings. The highest BCUT2D eigenvalue weighted by molar-refractivity contribution is 8.89. The summed E-state index contributed by atoms with van der Waals surface area (Å²) in [5.41, 5.74) is 0. The molecule has 42 heavy (non-hydrogen) atoms. The van der Waals surface area contributed by atoms with E-state index in [-0.39, 0.29) is 12.2 Å². The fourth-order valence-electron chi connectivity index (χ4n) is 5.16. The van der Waals surface area contributed by atoms with Crippen LogP contribution in [0.1, 0.15) is 0 Å². The molecule has 0 aliphatic carbocycles. The molecule has 10 heteroatoms. The second-order valence-electron chi connectivity index (χ2n) is 10.2. The van der Waals surface area contributed by atoms with Gasteiger partial charge in [0.1, 0.15) is 45.6 Å². The predicted octanol–water partition coefficient (Wildman–Crippen LogP) is 6.80. The lowest BCUT2D eigenvalue weighted by molar-refractivity contribution is -0.0270. The van der Waals surface area contributed by atoms with Crippen molar-refractivity contribution in [3.8, 4) is 11.5 Å². The summed E-state index contributed by atoms with van der Waals surface area (Å²) < 4.78 is 26.0. The maximum absolute atomic E-state index is 6.19. The van der Waals surface area contributed by atoms with E-state index in [1.807, 2.05) is 48.5 Å². The summed E-state index contributed by atoms with van der Waals surface area (Å²) in [5, 5.41) is 4.54. The summed E-state index contributed by atoms with van der Waals surface area (Å²) in [7, 11) is 3.08. The number of nitrogens with zero attached hydrogens (tertiary/aromatic N) is 2. The molecule has 6 rings (SSSR count). The van der Waals surface area contributed by atoms with Crippen molar-refractivity contribution in [2.45, 2.75) is 12.2 Å². The molecule has 2 fully saturated rings. The van der Waals surface area contributed by atoms with Gasteiger partial charge in [-0.3, -0.25) is 0 Å². The van der Waals surface area contributed by atoms with Gasteiger partial charge in [-0.2, -0.15) is 0 Å². The SMILES string of the molecule is S=C(SSC(=S)N1CCOC(COc2cccc3ccccc23)C1)N1CCOC(COc2cccc3ccccc23)C1. The van der Waals surface area contributed by atoms with Crippen molar-refractivity contribution < 1.29 is 18.9 Å². The van der Waals surface area contributed by atoms with Crippen LogP contribution in [0.5, 0.6) is 11.5 Å². The number of hydrogen-bond donors (Lipinski definition) is 0. The zero-order chi connectivity index (χ0) is 28.7. The lowest BCUT2D eigenvalue weighted by Gasteiger charge is -2.35. The fraction of sp³-hybridized carbons (Fsp3) is 0.312. The number of benzene rings is 4. The van der Waals surface area contributed by atoms with Crippen LogP contribution >= 0.6 is 46.0 Å². The van der Waals surface area contributed by atoms with Crippen molar-refractivity contribution in [3.63, 3.8) is 0 Å². The van der Waals surface area contributed by atoms with Crippen LogP contribution < -0.4 is 9.47 Å². The Hall–Kier alpha value is -2.60. The van der Waals surface area contributed by atoms with E-state index in [0.717, 1.165) is 54.8 Å². The molecular formula is C32H32N2O4S4. The lowest BCUT2D eigenvalue weighted by atomic mass is 10.1. The largest absolute Gasteiger partial charge is 0.490 e. The van der Waals surface area contributed by atoms with Gasteiger partial charge < -0.3 is 28.7 Å². The molecule has 0 aromatic heterocycles. The topological polar surface area (TPSA) is 43.4 Å². The zero-order valence-electron chi connectivity index (χ0n) is 23.1. The third-order valence-corrected chi connectivity index (χ3v) is 11.1. The number of morpholine rings is 2. The fourth-order valence-corrected chi connectivity index (χ4v) is 7.85. The summed E-state index contributed by atoms with van der Waals surface area (Å²) in [6.07, 6.45) is -0.120. The van der Waals surface area contributed by atoms with Gasteiger partial charge in [-0.25, -0.2) is 0 Å². The molecule has 2 saturated heterocycles. The molecule has 2 aliphatic heterocycles. The van der Waals surface area contributed by atoms with Gasteiger partial charge in [0.15, 0.2) is 0 Å². The van der Waals surface area contributed by atoms with Crippen LogP contribution in [0.3, 0.4) is 0 Å². The minimum Gasteiger partial charge on any atom is -0.490 e. The number of fused-ring (bicyclic) bond motifs is 2. The molecule has 4 aromatic rings. The van der Waals surface area contributed by atoms with Crippen molar-refractivity contribution in [2.75, 3.05) is 52.6 Å². The molecule has 0 bridgehead atoms. The third kappa shape index (κ3) is 7.30.